The highest BCUT2D eigenvalue weighted by atomic mass is 15.3. The molecule has 3 aliphatic heterocycles. The Labute approximate surface area is 476 Å². The van der Waals surface area contributed by atoms with Crippen LogP contribution in [0.25, 0.3) is 27.8 Å². The number of hydrogen-bond donors (Lipinski definition) is 0. The Bertz CT molecular complexity index is 3860. The summed E-state index contributed by atoms with van der Waals surface area (Å²) in [5, 5.41) is 1.43. The number of nitrogens with zero attached hydrogens (tertiary/aromatic N) is 3. The predicted molar refractivity (Wildman–Crippen MR) is 340 cm³/mol. The van der Waals surface area contributed by atoms with Crippen LogP contribution in [0.1, 0.15) is 237 Å². The van der Waals surface area contributed by atoms with Crippen LogP contribution in [0.15, 0.2) is 84.9 Å². The lowest BCUT2D eigenvalue weighted by atomic mass is 9.33. The highest BCUT2D eigenvalue weighted by molar-refractivity contribution is 7.00. The average molecular weight is 1040 g/mol. The largest absolute Gasteiger partial charge is 0.335 e. The Morgan fingerprint density at radius 2 is 1.11 bits per heavy atom. The summed E-state index contributed by atoms with van der Waals surface area (Å²) < 4.78 is 2.84. The highest BCUT2D eigenvalue weighted by Gasteiger charge is 2.62. The maximum absolute atomic E-state index is 2.99. The average Bonchev–Trinajstić information content (AvgIpc) is 1.90. The molecule has 0 N–H and O–H groups in total. The normalized spacial score (nSPS) is 23.6. The van der Waals surface area contributed by atoms with Crippen molar-refractivity contribution >= 4 is 62.4 Å². The zero-order valence-electron chi connectivity index (χ0n) is 52.2. The van der Waals surface area contributed by atoms with E-state index in [4.69, 9.17) is 0 Å². The first-order valence-corrected chi connectivity index (χ1v) is 30.9. The van der Waals surface area contributed by atoms with Gasteiger partial charge < -0.3 is 14.4 Å². The van der Waals surface area contributed by atoms with Crippen molar-refractivity contribution in [3.05, 3.63) is 146 Å². The second-order valence-electron chi connectivity index (χ2n) is 32.3. The molecule has 7 aliphatic rings. The highest BCUT2D eigenvalue weighted by Crippen LogP contribution is 2.64. The van der Waals surface area contributed by atoms with Gasteiger partial charge in [-0.05, 0) is 200 Å². The topological polar surface area (TPSA) is 11.4 Å². The SMILES string of the molecule is Cc1cc2c(cc1N(c1cc3c4c(c1)-n1c5c(c6cc(C(C)(C)C)cc(c61)B4c1cc(C(C)(C)C)cc4c1N3C1(C)CCCCC41C)C(C)(C)c1ccccc1-5)c1ccc3c(c1C)C(C)(C)CCC3(C)C)C(C)(C)CCC2(C)C. The Balaban J connectivity index is 1.18. The summed E-state index contributed by atoms with van der Waals surface area (Å²) in [6.07, 6.45) is 9.61. The summed E-state index contributed by atoms with van der Waals surface area (Å²) in [5.74, 6) is 0. The molecule has 1 aromatic heterocycles. The van der Waals surface area contributed by atoms with Crippen molar-refractivity contribution < 1.29 is 0 Å². The fraction of sp³-hybridized carbons (Fsp3) is 0.493. The maximum Gasteiger partial charge on any atom is 0.252 e. The summed E-state index contributed by atoms with van der Waals surface area (Å²) in [6.45, 7) is 50.0. The molecule has 6 aromatic carbocycles. The molecule has 1 saturated carbocycles. The Kier molecular flexibility index (Phi) is 10.2. The number of aryl methyl sites for hydroxylation is 1. The number of hydrogen-bond acceptors (Lipinski definition) is 2. The van der Waals surface area contributed by atoms with Crippen molar-refractivity contribution in [2.24, 2.45) is 0 Å². The van der Waals surface area contributed by atoms with Crippen LogP contribution in [0.3, 0.4) is 0 Å². The van der Waals surface area contributed by atoms with Gasteiger partial charge in [0, 0.05) is 55.7 Å². The van der Waals surface area contributed by atoms with Gasteiger partial charge in [-0.3, -0.25) is 0 Å². The minimum atomic E-state index is -0.198. The number of aromatic nitrogens is 1. The van der Waals surface area contributed by atoms with E-state index < -0.39 is 0 Å². The summed E-state index contributed by atoms with van der Waals surface area (Å²) in [4.78, 5) is 5.79. The summed E-state index contributed by atoms with van der Waals surface area (Å²) >= 11 is 0. The molecule has 0 saturated heterocycles. The second-order valence-corrected chi connectivity index (χ2v) is 32.3. The third-order valence-corrected chi connectivity index (χ3v) is 23.2. The van der Waals surface area contributed by atoms with Gasteiger partial charge in [-0.25, -0.2) is 0 Å². The van der Waals surface area contributed by atoms with Crippen LogP contribution in [-0.4, -0.2) is 16.8 Å². The minimum absolute atomic E-state index is 0.0206. The molecule has 4 heteroatoms. The minimum Gasteiger partial charge on any atom is -0.335 e. The number of anilines is 5. The van der Waals surface area contributed by atoms with E-state index >= 15 is 0 Å². The van der Waals surface area contributed by atoms with E-state index in [1.54, 1.807) is 11.1 Å². The summed E-state index contributed by atoms with van der Waals surface area (Å²) in [6, 6.07) is 36.0. The van der Waals surface area contributed by atoms with Crippen molar-refractivity contribution in [3.63, 3.8) is 0 Å². The molecule has 79 heavy (non-hydrogen) atoms. The zero-order valence-corrected chi connectivity index (χ0v) is 52.2. The summed E-state index contributed by atoms with van der Waals surface area (Å²) in [7, 11) is 0. The van der Waals surface area contributed by atoms with Crippen LogP contribution >= 0.6 is 0 Å². The van der Waals surface area contributed by atoms with Gasteiger partial charge in [0.05, 0.1) is 16.9 Å². The molecule has 0 amide bonds. The van der Waals surface area contributed by atoms with Crippen LogP contribution in [-0.2, 0) is 43.3 Å². The van der Waals surface area contributed by atoms with E-state index in [1.807, 2.05) is 0 Å². The number of benzene rings is 6. The number of rotatable bonds is 3. The molecular weight excluding hydrogens is 954 g/mol. The van der Waals surface area contributed by atoms with E-state index in [0.717, 1.165) is 6.42 Å². The molecule has 2 unspecified atom stereocenters. The fourth-order valence-corrected chi connectivity index (χ4v) is 18.0. The quantitative estimate of drug-likeness (QED) is 0.163. The van der Waals surface area contributed by atoms with Crippen molar-refractivity contribution in [1.82, 2.24) is 4.57 Å². The maximum atomic E-state index is 2.99. The third-order valence-electron chi connectivity index (χ3n) is 23.2. The standard InChI is InChI=1S/C75H90BN3/c1-43-35-52-53(71(13,14)32-31-70(52,11)12)42-58(43)77(57-28-27-51-61(44(57)2)72(15,16)34-33-69(51,9)10)47-40-59-63-60(41-47)79-66-54(74(19)29-23-24-30-75(74,79)20)37-46(68(6,7)8)39-56(66)76(63)55-38-45(67(3,4)5)36-49-62-65(78(59)64(49)55)48-25-21-22-26-50(48)73(62,17)18/h21-22,25-28,35-42H,23-24,29-34H2,1-20H3. The van der Waals surface area contributed by atoms with Gasteiger partial charge in [-0.1, -0.05) is 185 Å². The van der Waals surface area contributed by atoms with Crippen molar-refractivity contribution in [2.75, 3.05) is 9.80 Å². The molecule has 0 radical (unpaired) electrons. The first-order valence-electron chi connectivity index (χ1n) is 30.9. The second kappa shape index (κ2) is 15.5. The van der Waals surface area contributed by atoms with E-state index in [0.29, 0.717) is 0 Å². The first kappa shape index (κ1) is 51.7. The van der Waals surface area contributed by atoms with Crippen molar-refractivity contribution in [1.29, 1.82) is 0 Å². The van der Waals surface area contributed by atoms with E-state index in [9.17, 15) is 0 Å². The predicted octanol–water partition coefficient (Wildman–Crippen LogP) is 18.2. The molecule has 4 aliphatic carbocycles. The van der Waals surface area contributed by atoms with Gasteiger partial charge in [0.1, 0.15) is 0 Å². The molecule has 0 bridgehead atoms. The van der Waals surface area contributed by atoms with Crippen LogP contribution in [0.2, 0.25) is 0 Å². The van der Waals surface area contributed by atoms with E-state index in [2.05, 4.69) is 238 Å². The third kappa shape index (κ3) is 6.56. The Hall–Kier alpha value is -5.48. The van der Waals surface area contributed by atoms with Crippen molar-refractivity contribution in [2.45, 2.75) is 239 Å². The summed E-state index contributed by atoms with van der Waals surface area (Å²) in [5.41, 5.74) is 32.9. The Morgan fingerprint density at radius 1 is 0.519 bits per heavy atom. The molecule has 14 rings (SSSR count). The van der Waals surface area contributed by atoms with Crippen LogP contribution in [0, 0.1) is 13.8 Å². The molecule has 1 fully saturated rings. The van der Waals surface area contributed by atoms with Gasteiger partial charge in [0.25, 0.3) is 6.71 Å². The molecule has 0 spiro atoms. The van der Waals surface area contributed by atoms with Gasteiger partial charge in [-0.15, -0.1) is 0 Å². The molecular formula is C75H90BN3. The van der Waals surface area contributed by atoms with Crippen molar-refractivity contribution in [3.8, 4) is 16.9 Å². The zero-order chi connectivity index (χ0) is 56.2. The molecule has 3 nitrogen and oxygen atoms in total. The molecule has 4 heterocycles. The lowest BCUT2D eigenvalue weighted by Gasteiger charge is -2.52. The molecule has 2 atom stereocenters. The monoisotopic (exact) mass is 1040 g/mol. The molecule has 408 valence electrons. The van der Waals surface area contributed by atoms with Gasteiger partial charge in [0.2, 0.25) is 0 Å². The van der Waals surface area contributed by atoms with E-state index in [-0.39, 0.29) is 55.6 Å². The lowest BCUT2D eigenvalue weighted by Crippen LogP contribution is -2.64. The van der Waals surface area contributed by atoms with Crippen LogP contribution < -0.4 is 26.2 Å². The van der Waals surface area contributed by atoms with Crippen LogP contribution in [0.4, 0.5) is 28.4 Å². The smallest absolute Gasteiger partial charge is 0.252 e. The fourth-order valence-electron chi connectivity index (χ4n) is 18.0. The van der Waals surface area contributed by atoms with E-state index in [1.165, 1.54) is 168 Å². The van der Waals surface area contributed by atoms with Gasteiger partial charge in [-0.2, -0.15) is 0 Å². The first-order chi connectivity index (χ1) is 36.7. The Morgan fingerprint density at radius 3 is 1.80 bits per heavy atom. The molecule has 7 aromatic rings. The van der Waals surface area contributed by atoms with Crippen LogP contribution in [0.5, 0.6) is 0 Å². The van der Waals surface area contributed by atoms with Gasteiger partial charge in [0.15, 0.2) is 0 Å². The lowest BCUT2D eigenvalue weighted by molar-refractivity contribution is 0.195. The van der Waals surface area contributed by atoms with Gasteiger partial charge >= 0.3 is 0 Å². The number of fused-ring (bicyclic) bond motifs is 14.